The molecule has 74 valence electrons. The molecule has 0 aliphatic carbocycles. The minimum Gasteiger partial charge on any atom is -0.198 e. The number of halogens is 1. The van der Waals surface area contributed by atoms with E-state index in [1.165, 1.54) is 5.39 Å². The summed E-state index contributed by atoms with van der Waals surface area (Å²) in [6, 6.07) is 14.4. The Morgan fingerprint density at radius 1 is 1.07 bits per heavy atom. The van der Waals surface area contributed by atoms with E-state index in [0.29, 0.717) is 12.3 Å². The summed E-state index contributed by atoms with van der Waals surface area (Å²) in [4.78, 5) is 0. The second-order valence-corrected chi connectivity index (χ2v) is 3.70. The average molecular weight is 216 g/mol. The van der Waals surface area contributed by atoms with Gasteiger partial charge in [-0.15, -0.1) is 11.6 Å². The number of alkyl halides is 1. The SMILES string of the molecule is N#CCc1cc2ccccc2cc1CCl. The van der Waals surface area contributed by atoms with Crippen molar-refractivity contribution in [2.75, 3.05) is 0 Å². The first-order valence-corrected chi connectivity index (χ1v) is 5.32. The van der Waals surface area contributed by atoms with Crippen LogP contribution in [0.3, 0.4) is 0 Å². The largest absolute Gasteiger partial charge is 0.198 e. The molecule has 0 aliphatic heterocycles. The molecule has 0 saturated heterocycles. The maximum absolute atomic E-state index is 8.72. The van der Waals surface area contributed by atoms with Crippen molar-refractivity contribution in [2.24, 2.45) is 0 Å². The van der Waals surface area contributed by atoms with Gasteiger partial charge >= 0.3 is 0 Å². The lowest BCUT2D eigenvalue weighted by atomic mass is 10.0. The number of hydrogen-bond acceptors (Lipinski definition) is 1. The van der Waals surface area contributed by atoms with Gasteiger partial charge in [0.15, 0.2) is 0 Å². The summed E-state index contributed by atoms with van der Waals surface area (Å²) < 4.78 is 0. The molecule has 0 aromatic heterocycles. The maximum atomic E-state index is 8.72. The number of nitrogens with zero attached hydrogens (tertiary/aromatic N) is 1. The van der Waals surface area contributed by atoms with Crippen LogP contribution in [-0.2, 0) is 12.3 Å². The summed E-state index contributed by atoms with van der Waals surface area (Å²) in [6.45, 7) is 0. The molecule has 2 aromatic carbocycles. The molecule has 0 aliphatic rings. The van der Waals surface area contributed by atoms with E-state index < -0.39 is 0 Å². The number of nitriles is 1. The molecule has 0 N–H and O–H groups in total. The summed E-state index contributed by atoms with van der Waals surface area (Å²) in [7, 11) is 0. The Kier molecular flexibility index (Phi) is 2.89. The van der Waals surface area contributed by atoms with Crippen LogP contribution in [0.5, 0.6) is 0 Å². The monoisotopic (exact) mass is 215 g/mol. The van der Waals surface area contributed by atoms with Crippen LogP contribution in [0.4, 0.5) is 0 Å². The van der Waals surface area contributed by atoms with Gasteiger partial charge in [-0.25, -0.2) is 0 Å². The molecule has 2 aromatic rings. The van der Waals surface area contributed by atoms with E-state index >= 15 is 0 Å². The van der Waals surface area contributed by atoms with Gasteiger partial charge in [0, 0.05) is 5.88 Å². The van der Waals surface area contributed by atoms with Crippen molar-refractivity contribution in [3.05, 3.63) is 47.5 Å². The molecule has 2 rings (SSSR count). The van der Waals surface area contributed by atoms with Gasteiger partial charge in [-0.2, -0.15) is 5.26 Å². The Bertz CT molecular complexity index is 526. The zero-order chi connectivity index (χ0) is 10.7. The summed E-state index contributed by atoms with van der Waals surface area (Å²) in [5.74, 6) is 0.460. The molecule has 0 heterocycles. The molecule has 0 unspecified atom stereocenters. The van der Waals surface area contributed by atoms with Crippen molar-refractivity contribution < 1.29 is 0 Å². The molecule has 15 heavy (non-hydrogen) atoms. The highest BCUT2D eigenvalue weighted by molar-refractivity contribution is 6.17. The molecule has 0 atom stereocenters. The molecule has 0 bridgehead atoms. The molecule has 0 saturated carbocycles. The topological polar surface area (TPSA) is 23.8 Å². The molecule has 0 amide bonds. The van der Waals surface area contributed by atoms with Crippen LogP contribution < -0.4 is 0 Å². The molecule has 1 nitrogen and oxygen atoms in total. The Labute approximate surface area is 93.9 Å². The zero-order valence-electron chi connectivity index (χ0n) is 8.20. The third-order valence-corrected chi connectivity index (χ3v) is 2.77. The first kappa shape index (κ1) is 10.0. The van der Waals surface area contributed by atoms with Gasteiger partial charge in [0.05, 0.1) is 12.5 Å². The van der Waals surface area contributed by atoms with E-state index in [1.807, 2.05) is 18.2 Å². The van der Waals surface area contributed by atoms with Crippen molar-refractivity contribution in [2.45, 2.75) is 12.3 Å². The number of benzene rings is 2. The number of fused-ring (bicyclic) bond motifs is 1. The summed E-state index contributed by atoms with van der Waals surface area (Å²) in [6.07, 6.45) is 0.423. The standard InChI is InChI=1S/C13H10ClN/c14-9-13-8-11-4-2-1-3-10(11)7-12(13)5-6-15/h1-4,7-8H,5,9H2. The van der Waals surface area contributed by atoms with Crippen LogP contribution >= 0.6 is 11.6 Å². The minimum atomic E-state index is 0.423. The highest BCUT2D eigenvalue weighted by Crippen LogP contribution is 2.21. The Morgan fingerprint density at radius 2 is 1.67 bits per heavy atom. The van der Waals surface area contributed by atoms with Crippen molar-refractivity contribution in [3.8, 4) is 6.07 Å². The van der Waals surface area contributed by atoms with E-state index in [1.54, 1.807) is 0 Å². The normalized spacial score (nSPS) is 10.1. The predicted octanol–water partition coefficient (Wildman–Crippen LogP) is 3.64. The maximum Gasteiger partial charge on any atom is 0.0669 e. The van der Waals surface area contributed by atoms with Gasteiger partial charge < -0.3 is 0 Å². The van der Waals surface area contributed by atoms with E-state index in [2.05, 4.69) is 24.3 Å². The average Bonchev–Trinajstić information content (AvgIpc) is 2.28. The predicted molar refractivity (Wildman–Crippen MR) is 62.8 cm³/mol. The summed E-state index contributed by atoms with van der Waals surface area (Å²) >= 11 is 5.86. The van der Waals surface area contributed by atoms with Gasteiger partial charge in [0.2, 0.25) is 0 Å². The van der Waals surface area contributed by atoms with Crippen molar-refractivity contribution in [1.29, 1.82) is 5.26 Å². The van der Waals surface area contributed by atoms with Gasteiger partial charge in [0.1, 0.15) is 0 Å². The van der Waals surface area contributed by atoms with Crippen LogP contribution in [-0.4, -0.2) is 0 Å². The smallest absolute Gasteiger partial charge is 0.0669 e. The lowest BCUT2D eigenvalue weighted by molar-refractivity contribution is 1.21. The van der Waals surface area contributed by atoms with E-state index in [9.17, 15) is 0 Å². The fourth-order valence-corrected chi connectivity index (χ4v) is 1.96. The first-order chi connectivity index (χ1) is 7.35. The second kappa shape index (κ2) is 4.33. The number of hydrogen-bond donors (Lipinski definition) is 0. The van der Waals surface area contributed by atoms with Crippen LogP contribution in [0.2, 0.25) is 0 Å². The highest BCUT2D eigenvalue weighted by atomic mass is 35.5. The lowest BCUT2D eigenvalue weighted by Gasteiger charge is -2.06. The lowest BCUT2D eigenvalue weighted by Crippen LogP contribution is -1.90. The molecular formula is C13H10ClN. The van der Waals surface area contributed by atoms with Crippen LogP contribution in [0.25, 0.3) is 10.8 Å². The van der Waals surface area contributed by atoms with Gasteiger partial charge in [0.25, 0.3) is 0 Å². The van der Waals surface area contributed by atoms with Crippen LogP contribution in [0.15, 0.2) is 36.4 Å². The van der Waals surface area contributed by atoms with Gasteiger partial charge in [-0.05, 0) is 34.0 Å². The zero-order valence-corrected chi connectivity index (χ0v) is 8.96. The number of rotatable bonds is 2. The fourth-order valence-electron chi connectivity index (χ4n) is 1.71. The minimum absolute atomic E-state index is 0.423. The Balaban J connectivity index is 2.64. The quantitative estimate of drug-likeness (QED) is 0.702. The van der Waals surface area contributed by atoms with Gasteiger partial charge in [-0.3, -0.25) is 0 Å². The van der Waals surface area contributed by atoms with E-state index in [0.717, 1.165) is 16.5 Å². The fraction of sp³-hybridized carbons (Fsp3) is 0.154. The third kappa shape index (κ3) is 1.95. The molecule has 2 heteroatoms. The third-order valence-electron chi connectivity index (χ3n) is 2.48. The van der Waals surface area contributed by atoms with Crippen molar-refractivity contribution >= 4 is 22.4 Å². The second-order valence-electron chi connectivity index (χ2n) is 3.44. The highest BCUT2D eigenvalue weighted by Gasteiger charge is 2.03. The summed E-state index contributed by atoms with van der Waals surface area (Å²) in [5.41, 5.74) is 2.09. The Morgan fingerprint density at radius 3 is 2.20 bits per heavy atom. The first-order valence-electron chi connectivity index (χ1n) is 4.78. The molecule has 0 fully saturated rings. The summed E-state index contributed by atoms with van der Waals surface area (Å²) in [5, 5.41) is 11.1. The van der Waals surface area contributed by atoms with Crippen LogP contribution in [0.1, 0.15) is 11.1 Å². The van der Waals surface area contributed by atoms with Gasteiger partial charge in [-0.1, -0.05) is 24.3 Å². The molecular weight excluding hydrogens is 206 g/mol. The molecule has 0 spiro atoms. The molecule has 0 radical (unpaired) electrons. The van der Waals surface area contributed by atoms with Crippen molar-refractivity contribution in [3.63, 3.8) is 0 Å². The Hall–Kier alpha value is -1.52. The van der Waals surface area contributed by atoms with E-state index in [4.69, 9.17) is 16.9 Å². The van der Waals surface area contributed by atoms with Crippen LogP contribution in [0, 0.1) is 11.3 Å². The van der Waals surface area contributed by atoms with Crippen molar-refractivity contribution in [1.82, 2.24) is 0 Å². The van der Waals surface area contributed by atoms with E-state index in [-0.39, 0.29) is 0 Å².